The molecule has 0 bridgehead atoms. The average molecular weight is 404 g/mol. The molecule has 1 aliphatic heterocycles. The van der Waals surface area contributed by atoms with Crippen LogP contribution in [0.2, 0.25) is 5.02 Å². The van der Waals surface area contributed by atoms with E-state index in [-0.39, 0.29) is 12.1 Å². The van der Waals surface area contributed by atoms with E-state index in [1.165, 1.54) is 0 Å². The molecule has 0 radical (unpaired) electrons. The van der Waals surface area contributed by atoms with Gasteiger partial charge < -0.3 is 25.8 Å². The molecule has 28 heavy (non-hydrogen) atoms. The van der Waals surface area contributed by atoms with Gasteiger partial charge in [0.15, 0.2) is 0 Å². The maximum Gasteiger partial charge on any atom is 0.319 e. The summed E-state index contributed by atoms with van der Waals surface area (Å²) in [6, 6.07) is 7.27. The van der Waals surface area contributed by atoms with E-state index in [4.69, 9.17) is 11.6 Å². The highest BCUT2D eigenvalue weighted by Gasteiger charge is 2.25. The van der Waals surface area contributed by atoms with E-state index in [9.17, 15) is 4.79 Å². The van der Waals surface area contributed by atoms with Crippen molar-refractivity contribution >= 4 is 35.1 Å². The van der Waals surface area contributed by atoms with Crippen molar-refractivity contribution in [1.29, 1.82) is 0 Å². The Labute approximate surface area is 170 Å². The molecule has 2 heterocycles. The summed E-state index contributed by atoms with van der Waals surface area (Å²) in [6.07, 6.45) is 2.58. The number of carbonyl (C=O) groups is 1. The normalized spacial score (nSPS) is 16.3. The van der Waals surface area contributed by atoms with Crippen molar-refractivity contribution < 1.29 is 4.79 Å². The van der Waals surface area contributed by atoms with E-state index >= 15 is 0 Å². The van der Waals surface area contributed by atoms with Crippen molar-refractivity contribution in [2.75, 3.05) is 49.8 Å². The Kier molecular flexibility index (Phi) is 6.53. The van der Waals surface area contributed by atoms with Crippen LogP contribution in [0.4, 0.5) is 22.2 Å². The molecule has 1 atom stereocenters. The lowest BCUT2D eigenvalue weighted by molar-refractivity contribution is 0.249. The maximum absolute atomic E-state index is 12.4. The minimum atomic E-state index is -0.234. The fourth-order valence-corrected chi connectivity index (χ4v) is 3.42. The van der Waals surface area contributed by atoms with Crippen LogP contribution in [0, 0.1) is 0 Å². The molecule has 1 saturated heterocycles. The monoisotopic (exact) mass is 403 g/mol. The van der Waals surface area contributed by atoms with Gasteiger partial charge in [0.2, 0.25) is 5.95 Å². The number of hydrogen-bond donors (Lipinski definition) is 3. The largest absolute Gasteiger partial charge is 0.357 e. The molecule has 8 nitrogen and oxygen atoms in total. The first-order chi connectivity index (χ1) is 13.4. The lowest BCUT2D eigenvalue weighted by Crippen LogP contribution is -2.39. The van der Waals surface area contributed by atoms with Gasteiger partial charge in [-0.25, -0.2) is 9.78 Å². The second-order valence-electron chi connectivity index (χ2n) is 7.06. The zero-order chi connectivity index (χ0) is 20.1. The van der Waals surface area contributed by atoms with Gasteiger partial charge in [0, 0.05) is 49.6 Å². The summed E-state index contributed by atoms with van der Waals surface area (Å²) in [5.41, 5.74) is 1.70. The molecule has 0 saturated carbocycles. The molecule has 3 rings (SSSR count). The molecule has 1 aliphatic rings. The van der Waals surface area contributed by atoms with Gasteiger partial charge in [-0.1, -0.05) is 17.7 Å². The molecule has 3 N–H and O–H groups in total. The molecule has 2 amide bonds. The van der Waals surface area contributed by atoms with Gasteiger partial charge in [0.1, 0.15) is 5.82 Å². The van der Waals surface area contributed by atoms with Gasteiger partial charge in [-0.2, -0.15) is 4.98 Å². The predicted octanol–water partition coefficient (Wildman–Crippen LogP) is 2.63. The molecule has 1 unspecified atom stereocenters. The number of aromatic nitrogens is 2. The van der Waals surface area contributed by atoms with Gasteiger partial charge in [-0.05, 0) is 44.3 Å². The van der Waals surface area contributed by atoms with Gasteiger partial charge in [-0.15, -0.1) is 0 Å². The van der Waals surface area contributed by atoms with Crippen LogP contribution < -0.4 is 20.9 Å². The summed E-state index contributed by atoms with van der Waals surface area (Å²) in [5.74, 6) is 1.44. The number of rotatable bonds is 6. The van der Waals surface area contributed by atoms with Gasteiger partial charge in [0.25, 0.3) is 0 Å². The molecule has 1 aromatic heterocycles. The molecule has 1 aromatic carbocycles. The SMILES string of the molecule is CNc1nccc(N2CCC(NC(=O)Nc3ccc(CN(C)C)c(Cl)c3)C2)n1. The number of benzene rings is 1. The van der Waals surface area contributed by atoms with Crippen LogP contribution >= 0.6 is 11.6 Å². The highest BCUT2D eigenvalue weighted by molar-refractivity contribution is 6.31. The first-order valence-electron chi connectivity index (χ1n) is 9.21. The Morgan fingerprint density at radius 1 is 1.36 bits per heavy atom. The predicted molar refractivity (Wildman–Crippen MR) is 113 cm³/mol. The third kappa shape index (κ3) is 5.24. The number of hydrogen-bond acceptors (Lipinski definition) is 6. The van der Waals surface area contributed by atoms with Crippen molar-refractivity contribution in [3.8, 4) is 0 Å². The third-order valence-electron chi connectivity index (χ3n) is 4.51. The van der Waals surface area contributed by atoms with E-state index in [0.29, 0.717) is 23.2 Å². The van der Waals surface area contributed by atoms with Gasteiger partial charge in [-0.3, -0.25) is 0 Å². The van der Waals surface area contributed by atoms with Crippen LogP contribution in [0.15, 0.2) is 30.5 Å². The Morgan fingerprint density at radius 2 is 2.18 bits per heavy atom. The fourth-order valence-electron chi connectivity index (χ4n) is 3.18. The summed E-state index contributed by atoms with van der Waals surface area (Å²) in [7, 11) is 5.76. The maximum atomic E-state index is 12.4. The first-order valence-corrected chi connectivity index (χ1v) is 9.59. The second kappa shape index (κ2) is 9.07. The molecule has 2 aromatic rings. The topological polar surface area (TPSA) is 85.4 Å². The lowest BCUT2D eigenvalue weighted by atomic mass is 10.2. The van der Waals surface area contributed by atoms with Crippen molar-refractivity contribution in [3.63, 3.8) is 0 Å². The van der Waals surface area contributed by atoms with E-state index in [0.717, 1.165) is 30.9 Å². The minimum absolute atomic E-state index is 0.0523. The Morgan fingerprint density at radius 3 is 2.89 bits per heavy atom. The smallest absolute Gasteiger partial charge is 0.319 e. The van der Waals surface area contributed by atoms with E-state index < -0.39 is 0 Å². The minimum Gasteiger partial charge on any atom is -0.357 e. The third-order valence-corrected chi connectivity index (χ3v) is 4.86. The standard InChI is InChI=1S/C19H26ClN7O/c1-21-18-22-8-6-17(25-18)27-9-7-15(12-27)24-19(28)23-14-5-4-13(11-26(2)3)16(20)10-14/h4-6,8,10,15H,7,9,11-12H2,1-3H3,(H,21,22,25)(H2,23,24,28). The van der Waals surface area contributed by atoms with Crippen LogP contribution in [0.3, 0.4) is 0 Å². The van der Waals surface area contributed by atoms with E-state index in [2.05, 4.69) is 30.8 Å². The number of amides is 2. The van der Waals surface area contributed by atoms with E-state index in [1.807, 2.05) is 37.2 Å². The first kappa shape index (κ1) is 20.2. The van der Waals surface area contributed by atoms with Crippen molar-refractivity contribution in [1.82, 2.24) is 20.2 Å². The van der Waals surface area contributed by atoms with E-state index in [1.54, 1.807) is 19.3 Å². The average Bonchev–Trinajstić information content (AvgIpc) is 3.12. The summed E-state index contributed by atoms with van der Waals surface area (Å²) in [5, 5.41) is 9.46. The van der Waals surface area contributed by atoms with Crippen molar-refractivity contribution in [2.24, 2.45) is 0 Å². The van der Waals surface area contributed by atoms with Crippen molar-refractivity contribution in [2.45, 2.75) is 19.0 Å². The molecule has 0 aliphatic carbocycles. The highest BCUT2D eigenvalue weighted by Crippen LogP contribution is 2.22. The van der Waals surface area contributed by atoms with Gasteiger partial charge >= 0.3 is 6.03 Å². The molecular weight excluding hydrogens is 378 g/mol. The number of urea groups is 1. The molecule has 0 spiro atoms. The Balaban J connectivity index is 1.53. The summed E-state index contributed by atoms with van der Waals surface area (Å²) < 4.78 is 0. The van der Waals surface area contributed by atoms with Gasteiger partial charge in [0.05, 0.1) is 0 Å². The van der Waals surface area contributed by atoms with Crippen LogP contribution in [0.5, 0.6) is 0 Å². The van der Waals surface area contributed by atoms with Crippen LogP contribution in [-0.4, -0.2) is 61.2 Å². The molecule has 150 valence electrons. The number of anilines is 3. The van der Waals surface area contributed by atoms with Crippen LogP contribution in [0.1, 0.15) is 12.0 Å². The quantitative estimate of drug-likeness (QED) is 0.687. The zero-order valence-electron chi connectivity index (χ0n) is 16.4. The summed E-state index contributed by atoms with van der Waals surface area (Å²) >= 11 is 6.32. The highest BCUT2D eigenvalue weighted by atomic mass is 35.5. The Hall–Kier alpha value is -2.58. The zero-order valence-corrected chi connectivity index (χ0v) is 17.1. The number of carbonyl (C=O) groups excluding carboxylic acids is 1. The summed E-state index contributed by atoms with van der Waals surface area (Å²) in [6.45, 7) is 2.29. The summed E-state index contributed by atoms with van der Waals surface area (Å²) in [4.78, 5) is 25.1. The lowest BCUT2D eigenvalue weighted by Gasteiger charge is -2.18. The van der Waals surface area contributed by atoms with Crippen LogP contribution in [0.25, 0.3) is 0 Å². The number of nitrogens with one attached hydrogen (secondary N) is 3. The van der Waals surface area contributed by atoms with Crippen LogP contribution in [-0.2, 0) is 6.54 Å². The second-order valence-corrected chi connectivity index (χ2v) is 7.47. The number of halogens is 1. The molecular formula is C19H26ClN7O. The molecule has 1 fully saturated rings. The number of nitrogens with zero attached hydrogens (tertiary/aromatic N) is 4. The Bertz CT molecular complexity index is 830. The molecule has 9 heteroatoms. The van der Waals surface area contributed by atoms with Crippen molar-refractivity contribution in [3.05, 3.63) is 41.0 Å². The fraction of sp³-hybridized carbons (Fsp3) is 0.421.